The first-order valence-electron chi connectivity index (χ1n) is 5.25. The average Bonchev–Trinajstić information content (AvgIpc) is 2.62. The monoisotopic (exact) mass is 242 g/mol. The quantitative estimate of drug-likeness (QED) is 0.794. The van der Waals surface area contributed by atoms with Crippen LogP contribution in [0.15, 0.2) is 58.1 Å². The van der Waals surface area contributed by atoms with Gasteiger partial charge in [0.05, 0.1) is 0 Å². The number of hydrogen-bond acceptors (Lipinski definition) is 4. The van der Waals surface area contributed by atoms with Crippen LogP contribution in [0, 0.1) is 0 Å². The van der Waals surface area contributed by atoms with Gasteiger partial charge in [-0.15, -0.1) is 0 Å². The van der Waals surface area contributed by atoms with Gasteiger partial charge in [-0.05, 0) is 23.8 Å². The zero-order valence-corrected chi connectivity index (χ0v) is 9.33. The van der Waals surface area contributed by atoms with Crippen molar-refractivity contribution in [2.45, 2.75) is 0 Å². The summed E-state index contributed by atoms with van der Waals surface area (Å²) in [6.07, 6.45) is 0. The highest BCUT2D eigenvalue weighted by atomic mass is 16.3. The molecule has 2 N–H and O–H groups in total. The fraction of sp³-hybridized carbons (Fsp3) is 0. The van der Waals surface area contributed by atoms with Crippen LogP contribution in [0.25, 0.3) is 11.1 Å². The molecule has 0 saturated heterocycles. The van der Waals surface area contributed by atoms with Crippen molar-refractivity contribution in [3.63, 3.8) is 0 Å². The van der Waals surface area contributed by atoms with Crippen LogP contribution >= 0.6 is 0 Å². The lowest BCUT2D eigenvalue weighted by atomic mass is 10.1. The molecule has 0 amide bonds. The minimum atomic E-state index is -0.525. The van der Waals surface area contributed by atoms with Crippen LogP contribution in [0.4, 0.5) is 0 Å². The lowest BCUT2D eigenvalue weighted by Crippen LogP contribution is -1.94. The first-order chi connectivity index (χ1) is 8.59. The Labute approximate surface area is 102 Å². The van der Waals surface area contributed by atoms with Crippen LogP contribution in [0.1, 0.15) is 0 Å². The van der Waals surface area contributed by atoms with Crippen molar-refractivity contribution in [2.24, 2.45) is 0 Å². The second kappa shape index (κ2) is 4.71. The summed E-state index contributed by atoms with van der Waals surface area (Å²) in [5.74, 6) is -0.776. The van der Waals surface area contributed by atoms with Crippen LogP contribution in [0.3, 0.4) is 0 Å². The molecule has 0 atom stereocenters. The standard InChI is InChI=1S/C14H10O4/c15-11-7-5-9(6-8-12(11)16)10-3-1-2-4-13(17)14(10)18/h1-8H,(H,15,16)(H,17,18). The van der Waals surface area contributed by atoms with Gasteiger partial charge in [0.15, 0.2) is 11.5 Å². The summed E-state index contributed by atoms with van der Waals surface area (Å²) in [5.41, 5.74) is -0.255. The van der Waals surface area contributed by atoms with E-state index in [4.69, 9.17) is 0 Å². The maximum Gasteiger partial charge on any atom is 0.220 e. The second-order valence-corrected chi connectivity index (χ2v) is 3.72. The van der Waals surface area contributed by atoms with Crippen LogP contribution in [0.2, 0.25) is 0 Å². The molecule has 0 unspecified atom stereocenters. The zero-order chi connectivity index (χ0) is 13.1. The van der Waals surface area contributed by atoms with Crippen LogP contribution < -0.4 is 10.9 Å². The molecule has 0 aliphatic heterocycles. The van der Waals surface area contributed by atoms with Gasteiger partial charge in [0.1, 0.15) is 0 Å². The third-order valence-corrected chi connectivity index (χ3v) is 2.51. The number of rotatable bonds is 1. The summed E-state index contributed by atoms with van der Waals surface area (Å²) in [4.78, 5) is 22.7. The molecule has 0 fully saturated rings. The Hall–Kier alpha value is -2.62. The van der Waals surface area contributed by atoms with Crippen molar-refractivity contribution < 1.29 is 10.2 Å². The van der Waals surface area contributed by atoms with Gasteiger partial charge in [0.25, 0.3) is 0 Å². The fourth-order valence-electron chi connectivity index (χ4n) is 1.56. The molecule has 2 aromatic rings. The van der Waals surface area contributed by atoms with Gasteiger partial charge >= 0.3 is 0 Å². The second-order valence-electron chi connectivity index (χ2n) is 3.72. The van der Waals surface area contributed by atoms with E-state index in [1.807, 2.05) is 0 Å². The van der Waals surface area contributed by atoms with E-state index in [0.717, 1.165) is 0 Å². The van der Waals surface area contributed by atoms with Crippen molar-refractivity contribution >= 4 is 0 Å². The molecule has 2 rings (SSSR count). The van der Waals surface area contributed by atoms with E-state index in [2.05, 4.69) is 0 Å². The van der Waals surface area contributed by atoms with E-state index in [1.165, 1.54) is 36.4 Å². The van der Waals surface area contributed by atoms with E-state index in [-0.39, 0.29) is 5.75 Å². The summed E-state index contributed by atoms with van der Waals surface area (Å²) in [5, 5.41) is 19.1. The summed E-state index contributed by atoms with van der Waals surface area (Å²) in [6, 6.07) is 11.3. The summed E-state index contributed by atoms with van der Waals surface area (Å²) < 4.78 is 0. The molecule has 2 aromatic carbocycles. The molecule has 0 aromatic heterocycles. The summed E-state index contributed by atoms with van der Waals surface area (Å²) in [6.45, 7) is 0. The van der Waals surface area contributed by atoms with Crippen molar-refractivity contribution in [2.75, 3.05) is 0 Å². The summed E-state index contributed by atoms with van der Waals surface area (Å²) in [7, 11) is 0. The molecule has 0 heterocycles. The van der Waals surface area contributed by atoms with Crippen molar-refractivity contribution in [1.82, 2.24) is 0 Å². The van der Waals surface area contributed by atoms with E-state index in [0.29, 0.717) is 11.1 Å². The zero-order valence-electron chi connectivity index (χ0n) is 9.33. The molecule has 0 saturated carbocycles. The Balaban J connectivity index is 2.76. The van der Waals surface area contributed by atoms with Gasteiger partial charge in [0, 0.05) is 5.56 Å². The first kappa shape index (κ1) is 11.9. The third kappa shape index (κ3) is 2.22. The highest BCUT2D eigenvalue weighted by Gasteiger charge is 2.05. The predicted molar refractivity (Wildman–Crippen MR) is 67.7 cm³/mol. The maximum atomic E-state index is 11.5. The summed E-state index contributed by atoms with van der Waals surface area (Å²) >= 11 is 0. The highest BCUT2D eigenvalue weighted by molar-refractivity contribution is 5.69. The van der Waals surface area contributed by atoms with Gasteiger partial charge in [-0.25, -0.2) is 0 Å². The molecular formula is C14H10O4. The molecule has 0 aliphatic carbocycles. The Morgan fingerprint density at radius 2 is 1.39 bits per heavy atom. The Bertz CT molecular complexity index is 708. The van der Waals surface area contributed by atoms with E-state index in [9.17, 15) is 19.8 Å². The Morgan fingerprint density at radius 1 is 0.722 bits per heavy atom. The molecule has 18 heavy (non-hydrogen) atoms. The molecule has 0 aliphatic rings. The minimum Gasteiger partial charge on any atom is -0.504 e. The van der Waals surface area contributed by atoms with E-state index in [1.54, 1.807) is 12.1 Å². The molecule has 0 radical (unpaired) electrons. The van der Waals surface area contributed by atoms with Gasteiger partial charge in [0.2, 0.25) is 10.9 Å². The molecule has 0 bridgehead atoms. The van der Waals surface area contributed by atoms with Crippen LogP contribution in [-0.4, -0.2) is 10.2 Å². The number of hydrogen-bond donors (Lipinski definition) is 2. The minimum absolute atomic E-state index is 0.306. The smallest absolute Gasteiger partial charge is 0.220 e. The molecule has 4 heteroatoms. The van der Waals surface area contributed by atoms with Gasteiger partial charge in [-0.1, -0.05) is 30.3 Å². The molecule has 0 spiro atoms. The largest absolute Gasteiger partial charge is 0.504 e. The topological polar surface area (TPSA) is 74.6 Å². The van der Waals surface area contributed by atoms with Crippen LogP contribution in [-0.2, 0) is 0 Å². The molecule has 4 nitrogen and oxygen atoms in total. The van der Waals surface area contributed by atoms with Crippen molar-refractivity contribution in [3.8, 4) is 22.6 Å². The van der Waals surface area contributed by atoms with E-state index >= 15 is 0 Å². The lowest BCUT2D eigenvalue weighted by Gasteiger charge is -1.97. The van der Waals surface area contributed by atoms with Gasteiger partial charge in [-0.2, -0.15) is 0 Å². The lowest BCUT2D eigenvalue weighted by molar-refractivity contribution is 0.470. The molecular weight excluding hydrogens is 232 g/mol. The maximum absolute atomic E-state index is 11.5. The average molecular weight is 242 g/mol. The highest BCUT2D eigenvalue weighted by Crippen LogP contribution is 2.24. The third-order valence-electron chi connectivity index (χ3n) is 2.51. The fourth-order valence-corrected chi connectivity index (χ4v) is 1.56. The molecule has 90 valence electrons. The number of aromatic hydroxyl groups is 2. The van der Waals surface area contributed by atoms with Gasteiger partial charge in [-0.3, -0.25) is 9.59 Å². The Morgan fingerprint density at radius 3 is 2.17 bits per heavy atom. The van der Waals surface area contributed by atoms with Gasteiger partial charge < -0.3 is 10.2 Å². The normalized spacial score (nSPS) is 10.0. The van der Waals surface area contributed by atoms with Crippen LogP contribution in [0.5, 0.6) is 11.5 Å². The van der Waals surface area contributed by atoms with Crippen molar-refractivity contribution in [1.29, 1.82) is 0 Å². The Kier molecular flexibility index (Phi) is 3.10. The first-order valence-corrected chi connectivity index (χ1v) is 5.25. The van der Waals surface area contributed by atoms with E-state index < -0.39 is 16.6 Å². The SMILES string of the molecule is O=c1ccc(-c2ccccc(=O)c2O)ccc1O. The predicted octanol–water partition coefficient (Wildman–Crippen LogP) is 1.49. The van der Waals surface area contributed by atoms with Crippen molar-refractivity contribution in [3.05, 3.63) is 69.0 Å².